The third-order valence-electron chi connectivity index (χ3n) is 3.78. The first kappa shape index (κ1) is 12.1. The van der Waals surface area contributed by atoms with E-state index < -0.39 is 0 Å². The molecular formula is C15H17N3O. The SMILES string of the molecule is Cc1ccc(N2CC(CN)CC2=O)c2cccnc12. The van der Waals surface area contributed by atoms with Gasteiger partial charge in [-0.1, -0.05) is 6.07 Å². The zero-order chi connectivity index (χ0) is 13.4. The van der Waals surface area contributed by atoms with Crippen LogP contribution in [0.2, 0.25) is 0 Å². The summed E-state index contributed by atoms with van der Waals surface area (Å²) in [5.74, 6) is 0.421. The maximum atomic E-state index is 12.1. The molecule has 98 valence electrons. The second-order valence-corrected chi connectivity index (χ2v) is 5.11. The largest absolute Gasteiger partial charge is 0.330 e. The molecule has 1 aliphatic heterocycles. The van der Waals surface area contributed by atoms with Gasteiger partial charge < -0.3 is 10.6 Å². The number of carbonyl (C=O) groups excluding carboxylic acids is 1. The average Bonchev–Trinajstić information content (AvgIpc) is 2.81. The number of benzene rings is 1. The van der Waals surface area contributed by atoms with Gasteiger partial charge in [0.25, 0.3) is 0 Å². The summed E-state index contributed by atoms with van der Waals surface area (Å²) < 4.78 is 0. The normalized spacial score (nSPS) is 19.4. The van der Waals surface area contributed by atoms with Gasteiger partial charge in [0.2, 0.25) is 5.91 Å². The summed E-state index contributed by atoms with van der Waals surface area (Å²) in [6.07, 6.45) is 2.33. The molecule has 1 amide bonds. The lowest BCUT2D eigenvalue weighted by Gasteiger charge is -2.19. The average molecular weight is 255 g/mol. The smallest absolute Gasteiger partial charge is 0.227 e. The van der Waals surface area contributed by atoms with Crippen molar-refractivity contribution in [3.05, 3.63) is 36.0 Å². The van der Waals surface area contributed by atoms with Gasteiger partial charge >= 0.3 is 0 Å². The van der Waals surface area contributed by atoms with E-state index in [4.69, 9.17) is 5.73 Å². The van der Waals surface area contributed by atoms with Crippen LogP contribution in [-0.4, -0.2) is 24.0 Å². The summed E-state index contributed by atoms with van der Waals surface area (Å²) >= 11 is 0. The zero-order valence-corrected chi connectivity index (χ0v) is 11.0. The molecule has 0 bridgehead atoms. The van der Waals surface area contributed by atoms with Gasteiger partial charge in [0.05, 0.1) is 11.2 Å². The van der Waals surface area contributed by atoms with Gasteiger partial charge in [-0.25, -0.2) is 0 Å². The molecule has 3 rings (SSSR count). The highest BCUT2D eigenvalue weighted by Gasteiger charge is 2.30. The van der Waals surface area contributed by atoms with Crippen molar-refractivity contribution in [2.24, 2.45) is 11.7 Å². The number of hydrogen-bond acceptors (Lipinski definition) is 3. The first-order valence-electron chi connectivity index (χ1n) is 6.55. The predicted octanol–water partition coefficient (Wildman–Crippen LogP) is 1.85. The third-order valence-corrected chi connectivity index (χ3v) is 3.78. The number of anilines is 1. The van der Waals surface area contributed by atoms with Gasteiger partial charge in [-0.3, -0.25) is 9.78 Å². The van der Waals surface area contributed by atoms with Crippen LogP contribution in [0.1, 0.15) is 12.0 Å². The Morgan fingerprint density at radius 3 is 3.00 bits per heavy atom. The van der Waals surface area contributed by atoms with Gasteiger partial charge in [0.1, 0.15) is 0 Å². The fourth-order valence-electron chi connectivity index (χ4n) is 2.71. The van der Waals surface area contributed by atoms with E-state index in [2.05, 4.69) is 4.98 Å². The maximum absolute atomic E-state index is 12.1. The van der Waals surface area contributed by atoms with E-state index in [-0.39, 0.29) is 11.8 Å². The minimum Gasteiger partial charge on any atom is -0.330 e. The maximum Gasteiger partial charge on any atom is 0.227 e. The van der Waals surface area contributed by atoms with Gasteiger partial charge in [0, 0.05) is 24.5 Å². The van der Waals surface area contributed by atoms with Crippen LogP contribution in [0.3, 0.4) is 0 Å². The minimum atomic E-state index is 0.157. The monoisotopic (exact) mass is 255 g/mol. The van der Waals surface area contributed by atoms with Crippen LogP contribution < -0.4 is 10.6 Å². The van der Waals surface area contributed by atoms with Crippen molar-refractivity contribution in [1.29, 1.82) is 0 Å². The van der Waals surface area contributed by atoms with Crippen molar-refractivity contribution in [1.82, 2.24) is 4.98 Å². The molecule has 2 heterocycles. The fraction of sp³-hybridized carbons (Fsp3) is 0.333. The highest BCUT2D eigenvalue weighted by atomic mass is 16.2. The highest BCUT2D eigenvalue weighted by Crippen LogP contribution is 2.32. The van der Waals surface area contributed by atoms with E-state index in [1.165, 1.54) is 0 Å². The zero-order valence-electron chi connectivity index (χ0n) is 11.0. The molecule has 4 heteroatoms. The van der Waals surface area contributed by atoms with Crippen LogP contribution in [0.25, 0.3) is 10.9 Å². The molecule has 0 saturated carbocycles. The van der Waals surface area contributed by atoms with E-state index in [9.17, 15) is 4.79 Å². The van der Waals surface area contributed by atoms with E-state index in [0.717, 1.165) is 22.2 Å². The molecule has 0 spiro atoms. The predicted molar refractivity (Wildman–Crippen MR) is 76.0 cm³/mol. The Labute approximate surface area is 112 Å². The van der Waals surface area contributed by atoms with Crippen molar-refractivity contribution in [3.63, 3.8) is 0 Å². The molecule has 1 saturated heterocycles. The molecule has 2 N–H and O–H groups in total. The molecule has 1 fully saturated rings. The van der Waals surface area contributed by atoms with Crippen molar-refractivity contribution < 1.29 is 4.79 Å². The molecule has 1 unspecified atom stereocenters. The third kappa shape index (κ3) is 1.98. The Kier molecular flexibility index (Phi) is 2.95. The molecule has 1 aromatic carbocycles. The number of rotatable bonds is 2. The molecule has 19 heavy (non-hydrogen) atoms. The van der Waals surface area contributed by atoms with E-state index >= 15 is 0 Å². The molecule has 4 nitrogen and oxygen atoms in total. The Bertz CT molecular complexity index is 638. The molecule has 1 atom stereocenters. The van der Waals surface area contributed by atoms with E-state index in [0.29, 0.717) is 19.5 Å². The van der Waals surface area contributed by atoms with Crippen LogP contribution in [0.5, 0.6) is 0 Å². The second kappa shape index (κ2) is 4.63. The van der Waals surface area contributed by atoms with Crippen LogP contribution in [-0.2, 0) is 4.79 Å². The topological polar surface area (TPSA) is 59.2 Å². The van der Waals surface area contributed by atoms with Gasteiger partial charge in [0.15, 0.2) is 0 Å². The van der Waals surface area contributed by atoms with Crippen molar-refractivity contribution in [2.75, 3.05) is 18.0 Å². The number of hydrogen-bond donors (Lipinski definition) is 1. The van der Waals surface area contributed by atoms with Crippen molar-refractivity contribution in [3.8, 4) is 0 Å². The molecule has 1 aromatic heterocycles. The number of carbonyl (C=O) groups is 1. The van der Waals surface area contributed by atoms with Gasteiger partial charge in [-0.2, -0.15) is 0 Å². The number of fused-ring (bicyclic) bond motifs is 1. The standard InChI is InChI=1S/C15H17N3O/c1-10-4-5-13(12-3-2-6-17-15(10)12)18-9-11(8-16)7-14(18)19/h2-6,11H,7-9,16H2,1H3. The van der Waals surface area contributed by atoms with Gasteiger partial charge in [-0.15, -0.1) is 0 Å². The fourth-order valence-corrected chi connectivity index (χ4v) is 2.71. The summed E-state index contributed by atoms with van der Waals surface area (Å²) in [4.78, 5) is 18.4. The number of amides is 1. The van der Waals surface area contributed by atoms with Crippen molar-refractivity contribution in [2.45, 2.75) is 13.3 Å². The summed E-state index contributed by atoms with van der Waals surface area (Å²) in [6, 6.07) is 7.96. The van der Waals surface area contributed by atoms with Crippen LogP contribution >= 0.6 is 0 Å². The lowest BCUT2D eigenvalue weighted by molar-refractivity contribution is -0.117. The number of pyridine rings is 1. The summed E-state index contributed by atoms with van der Waals surface area (Å²) in [6.45, 7) is 3.31. The van der Waals surface area contributed by atoms with Crippen LogP contribution in [0.15, 0.2) is 30.5 Å². The molecule has 0 aliphatic carbocycles. The Morgan fingerprint density at radius 2 is 2.26 bits per heavy atom. The van der Waals surface area contributed by atoms with Gasteiger partial charge in [-0.05, 0) is 43.1 Å². The first-order chi connectivity index (χ1) is 9.20. The quantitative estimate of drug-likeness (QED) is 0.891. The van der Waals surface area contributed by atoms with Crippen LogP contribution in [0, 0.1) is 12.8 Å². The number of nitrogens with two attached hydrogens (primary N) is 1. The molecular weight excluding hydrogens is 238 g/mol. The lowest BCUT2D eigenvalue weighted by Crippen LogP contribution is -2.26. The highest BCUT2D eigenvalue weighted by molar-refractivity contribution is 6.04. The summed E-state index contributed by atoms with van der Waals surface area (Å²) in [7, 11) is 0. The van der Waals surface area contributed by atoms with E-state index in [1.54, 1.807) is 6.20 Å². The molecule has 1 aliphatic rings. The number of nitrogens with zero attached hydrogens (tertiary/aromatic N) is 2. The van der Waals surface area contributed by atoms with Crippen molar-refractivity contribution >= 4 is 22.5 Å². The first-order valence-corrected chi connectivity index (χ1v) is 6.55. The Hall–Kier alpha value is -1.94. The molecule has 2 aromatic rings. The van der Waals surface area contributed by atoms with Crippen LogP contribution in [0.4, 0.5) is 5.69 Å². The number of aryl methyl sites for hydroxylation is 1. The molecule has 0 radical (unpaired) electrons. The summed E-state index contributed by atoms with van der Waals surface area (Å²) in [5, 5.41) is 1.04. The Balaban J connectivity index is 2.11. The minimum absolute atomic E-state index is 0.157. The number of aromatic nitrogens is 1. The Morgan fingerprint density at radius 1 is 1.42 bits per heavy atom. The second-order valence-electron chi connectivity index (χ2n) is 5.11. The summed E-state index contributed by atoms with van der Waals surface area (Å²) in [5.41, 5.74) is 8.72. The lowest BCUT2D eigenvalue weighted by atomic mass is 10.1. The van der Waals surface area contributed by atoms with E-state index in [1.807, 2.05) is 36.1 Å².